The zero-order chi connectivity index (χ0) is 14.1. The number of rotatable bonds is 3. The number of hydrogen-bond acceptors (Lipinski definition) is 1. The third-order valence-electron chi connectivity index (χ3n) is 4.63. The van der Waals surface area contributed by atoms with Crippen molar-refractivity contribution >= 4 is 0 Å². The summed E-state index contributed by atoms with van der Waals surface area (Å²) < 4.78 is 5.70. The van der Waals surface area contributed by atoms with Crippen molar-refractivity contribution in [2.45, 2.75) is 17.8 Å². The summed E-state index contributed by atoms with van der Waals surface area (Å²) in [6.45, 7) is 0. The molecule has 21 heavy (non-hydrogen) atoms. The molecule has 1 aliphatic rings. The topological polar surface area (TPSA) is 13.1 Å². The number of furan rings is 1. The summed E-state index contributed by atoms with van der Waals surface area (Å²) in [7, 11) is 0. The van der Waals surface area contributed by atoms with E-state index in [0.29, 0.717) is 5.92 Å². The van der Waals surface area contributed by atoms with Gasteiger partial charge in [-0.15, -0.1) is 0 Å². The minimum Gasteiger partial charge on any atom is -0.469 e. The number of benzene rings is 2. The molecule has 0 amide bonds. The molecule has 0 spiro atoms. The Labute approximate surface area is 125 Å². The second kappa shape index (κ2) is 4.92. The zero-order valence-corrected chi connectivity index (χ0v) is 11.8. The van der Waals surface area contributed by atoms with Gasteiger partial charge in [0.25, 0.3) is 0 Å². The standard InChI is InChI=1S/C20H17O/c1-3-8-16(9-4-1)20(17-10-5-2-6-11-17)14-13-18(20)19-12-7-15-21-19/h1-13,15,18H,14H2/t18-/m0/s1. The average Bonchev–Trinajstić information content (AvgIpc) is 3.03. The van der Waals surface area contributed by atoms with Crippen LogP contribution in [0.3, 0.4) is 0 Å². The van der Waals surface area contributed by atoms with Crippen LogP contribution in [-0.4, -0.2) is 0 Å². The van der Waals surface area contributed by atoms with Gasteiger partial charge in [-0.05, 0) is 36.1 Å². The Morgan fingerprint density at radius 1 is 0.762 bits per heavy atom. The van der Waals surface area contributed by atoms with E-state index in [1.54, 1.807) is 6.26 Å². The van der Waals surface area contributed by atoms with Crippen molar-refractivity contribution in [3.05, 3.63) is 102 Å². The van der Waals surface area contributed by atoms with Crippen molar-refractivity contribution in [3.63, 3.8) is 0 Å². The lowest BCUT2D eigenvalue weighted by Crippen LogP contribution is -2.44. The molecule has 2 aromatic carbocycles. The molecule has 1 nitrogen and oxygen atoms in total. The van der Waals surface area contributed by atoms with Gasteiger partial charge in [-0.1, -0.05) is 60.7 Å². The van der Waals surface area contributed by atoms with Gasteiger partial charge >= 0.3 is 0 Å². The second-order valence-electron chi connectivity index (χ2n) is 5.64. The van der Waals surface area contributed by atoms with E-state index >= 15 is 0 Å². The molecular weight excluding hydrogens is 256 g/mol. The summed E-state index contributed by atoms with van der Waals surface area (Å²) in [6.07, 6.45) is 5.17. The van der Waals surface area contributed by atoms with Crippen molar-refractivity contribution in [2.24, 2.45) is 0 Å². The predicted octanol–water partition coefficient (Wildman–Crippen LogP) is 4.96. The van der Waals surface area contributed by atoms with Crippen LogP contribution in [0.1, 0.15) is 29.2 Å². The van der Waals surface area contributed by atoms with Crippen LogP contribution in [0.2, 0.25) is 0 Å². The van der Waals surface area contributed by atoms with E-state index in [-0.39, 0.29) is 5.41 Å². The molecule has 1 fully saturated rings. The highest BCUT2D eigenvalue weighted by atomic mass is 16.3. The molecule has 103 valence electrons. The maximum Gasteiger partial charge on any atom is 0.108 e. The quantitative estimate of drug-likeness (QED) is 0.657. The molecule has 3 aromatic rings. The van der Waals surface area contributed by atoms with E-state index in [4.69, 9.17) is 4.42 Å². The Balaban J connectivity index is 1.88. The van der Waals surface area contributed by atoms with Gasteiger partial charge in [0.15, 0.2) is 0 Å². The molecule has 1 heterocycles. The molecule has 1 heteroatoms. The molecule has 1 aromatic heterocycles. The molecule has 1 radical (unpaired) electrons. The van der Waals surface area contributed by atoms with E-state index in [9.17, 15) is 0 Å². The van der Waals surface area contributed by atoms with Crippen LogP contribution in [0.5, 0.6) is 0 Å². The van der Waals surface area contributed by atoms with E-state index in [0.717, 1.165) is 12.2 Å². The lowest BCUT2D eigenvalue weighted by molar-refractivity contribution is 0.288. The van der Waals surface area contributed by atoms with Crippen molar-refractivity contribution < 1.29 is 4.42 Å². The Morgan fingerprint density at radius 2 is 1.38 bits per heavy atom. The van der Waals surface area contributed by atoms with Gasteiger partial charge < -0.3 is 4.42 Å². The SMILES string of the molecule is [CH]1CC(c2ccccc2)(c2ccccc2)[C@@H]1c1ccco1. The summed E-state index contributed by atoms with van der Waals surface area (Å²) in [5, 5.41) is 0. The first-order valence-electron chi connectivity index (χ1n) is 7.39. The maximum absolute atomic E-state index is 5.70. The van der Waals surface area contributed by atoms with Crippen LogP contribution in [0, 0.1) is 6.42 Å². The smallest absolute Gasteiger partial charge is 0.108 e. The molecule has 1 aliphatic carbocycles. The van der Waals surface area contributed by atoms with Crippen molar-refractivity contribution in [2.75, 3.05) is 0 Å². The van der Waals surface area contributed by atoms with Crippen LogP contribution in [-0.2, 0) is 5.41 Å². The summed E-state index contributed by atoms with van der Waals surface area (Å²) in [6, 6.07) is 25.6. The summed E-state index contributed by atoms with van der Waals surface area (Å²) >= 11 is 0. The van der Waals surface area contributed by atoms with Gasteiger partial charge in [-0.2, -0.15) is 0 Å². The highest BCUT2D eigenvalue weighted by Gasteiger charge is 2.51. The second-order valence-corrected chi connectivity index (χ2v) is 5.64. The largest absolute Gasteiger partial charge is 0.469 e. The Morgan fingerprint density at radius 3 is 1.81 bits per heavy atom. The first-order chi connectivity index (χ1) is 10.4. The molecule has 1 atom stereocenters. The average molecular weight is 273 g/mol. The molecule has 1 saturated carbocycles. The molecule has 0 N–H and O–H groups in total. The van der Waals surface area contributed by atoms with Crippen LogP contribution >= 0.6 is 0 Å². The minimum atomic E-state index is 0.000370. The summed E-state index contributed by atoms with van der Waals surface area (Å²) in [5.41, 5.74) is 2.72. The minimum absolute atomic E-state index is 0.000370. The number of hydrogen-bond donors (Lipinski definition) is 0. The van der Waals surface area contributed by atoms with E-state index in [1.807, 2.05) is 6.07 Å². The van der Waals surface area contributed by atoms with Gasteiger partial charge in [0.05, 0.1) is 6.26 Å². The molecule has 0 aliphatic heterocycles. The van der Waals surface area contributed by atoms with E-state index in [2.05, 4.69) is 73.2 Å². The van der Waals surface area contributed by atoms with Crippen molar-refractivity contribution in [1.29, 1.82) is 0 Å². The van der Waals surface area contributed by atoms with Gasteiger partial charge in [0.2, 0.25) is 0 Å². The van der Waals surface area contributed by atoms with Gasteiger partial charge in [0, 0.05) is 11.3 Å². The molecule has 4 rings (SSSR count). The normalized spacial score (nSPS) is 19.9. The highest BCUT2D eigenvalue weighted by molar-refractivity contribution is 5.50. The van der Waals surface area contributed by atoms with Gasteiger partial charge in [0.1, 0.15) is 5.76 Å². The van der Waals surface area contributed by atoms with Crippen LogP contribution in [0.25, 0.3) is 0 Å². The fraction of sp³-hybridized carbons (Fsp3) is 0.150. The summed E-state index contributed by atoms with van der Waals surface area (Å²) in [4.78, 5) is 0. The fourth-order valence-electron chi connectivity index (χ4n) is 3.53. The van der Waals surface area contributed by atoms with Gasteiger partial charge in [-0.25, -0.2) is 0 Å². The Kier molecular flexibility index (Phi) is 2.92. The molecule has 0 unspecified atom stereocenters. The first-order valence-corrected chi connectivity index (χ1v) is 7.39. The van der Waals surface area contributed by atoms with Crippen LogP contribution in [0.15, 0.2) is 83.5 Å². The Bertz CT molecular complexity index is 659. The van der Waals surface area contributed by atoms with Crippen molar-refractivity contribution in [3.8, 4) is 0 Å². The third-order valence-corrected chi connectivity index (χ3v) is 4.63. The molecule has 0 saturated heterocycles. The zero-order valence-electron chi connectivity index (χ0n) is 11.8. The maximum atomic E-state index is 5.70. The lowest BCUT2D eigenvalue weighted by Gasteiger charge is -2.49. The van der Waals surface area contributed by atoms with Crippen LogP contribution in [0.4, 0.5) is 0 Å². The third kappa shape index (κ3) is 1.84. The molecular formula is C20H17O. The van der Waals surface area contributed by atoms with E-state index < -0.39 is 0 Å². The first kappa shape index (κ1) is 12.5. The van der Waals surface area contributed by atoms with Crippen molar-refractivity contribution in [1.82, 2.24) is 0 Å². The molecule has 0 bridgehead atoms. The predicted molar refractivity (Wildman–Crippen MR) is 84.0 cm³/mol. The summed E-state index contributed by atoms with van der Waals surface area (Å²) in [5.74, 6) is 1.35. The fourth-order valence-corrected chi connectivity index (χ4v) is 3.53. The van der Waals surface area contributed by atoms with E-state index in [1.165, 1.54) is 11.1 Å². The highest BCUT2D eigenvalue weighted by Crippen LogP contribution is 2.57. The lowest BCUT2D eigenvalue weighted by atomic mass is 9.53. The monoisotopic (exact) mass is 273 g/mol. The van der Waals surface area contributed by atoms with Gasteiger partial charge in [-0.3, -0.25) is 0 Å². The Hall–Kier alpha value is -2.28. The van der Waals surface area contributed by atoms with Crippen LogP contribution < -0.4 is 0 Å².